The molecule has 5 nitrogen and oxygen atoms in total. The molecular weight excluding hydrogens is 384 g/mol. The van der Waals surface area contributed by atoms with Crippen molar-refractivity contribution in [1.29, 1.82) is 5.26 Å². The van der Waals surface area contributed by atoms with Gasteiger partial charge in [-0.3, -0.25) is 4.79 Å². The number of hydrogen-bond acceptors (Lipinski definition) is 8. The normalized spacial score (nSPS) is 14.8. The molecule has 26 heavy (non-hydrogen) atoms. The van der Waals surface area contributed by atoms with Gasteiger partial charge in [0.1, 0.15) is 21.2 Å². The molecule has 0 aromatic carbocycles. The SMILES string of the molecule is Cc1csc([C@H](C#N)C(=O)CSc2ncnc3sc4c(c23)CCCC4)n1. The maximum atomic E-state index is 12.6. The van der Waals surface area contributed by atoms with Crippen LogP contribution in [0.5, 0.6) is 0 Å². The van der Waals surface area contributed by atoms with E-state index in [-0.39, 0.29) is 11.5 Å². The van der Waals surface area contributed by atoms with Crippen LogP contribution in [-0.2, 0) is 17.6 Å². The van der Waals surface area contributed by atoms with Gasteiger partial charge in [0.15, 0.2) is 11.7 Å². The second-order valence-electron chi connectivity index (χ2n) is 6.21. The molecule has 3 heterocycles. The van der Waals surface area contributed by atoms with Crippen LogP contribution < -0.4 is 0 Å². The van der Waals surface area contributed by atoms with Crippen molar-refractivity contribution in [2.45, 2.75) is 43.6 Å². The molecule has 4 rings (SSSR count). The van der Waals surface area contributed by atoms with Crippen molar-refractivity contribution in [2.75, 3.05) is 5.75 Å². The lowest BCUT2D eigenvalue weighted by Crippen LogP contribution is -2.13. The molecule has 3 aromatic rings. The molecule has 0 saturated heterocycles. The second-order valence-corrected chi connectivity index (χ2v) is 9.15. The quantitative estimate of drug-likeness (QED) is 0.469. The average Bonchev–Trinajstić information content (AvgIpc) is 3.24. The predicted molar refractivity (Wildman–Crippen MR) is 105 cm³/mol. The summed E-state index contributed by atoms with van der Waals surface area (Å²) in [6.45, 7) is 1.87. The average molecular weight is 401 g/mol. The minimum Gasteiger partial charge on any atom is -0.297 e. The first-order chi connectivity index (χ1) is 12.7. The fraction of sp³-hybridized carbons (Fsp3) is 0.389. The lowest BCUT2D eigenvalue weighted by Gasteiger charge is -2.11. The van der Waals surface area contributed by atoms with Crippen molar-refractivity contribution < 1.29 is 4.79 Å². The van der Waals surface area contributed by atoms with Crippen molar-refractivity contribution in [2.24, 2.45) is 0 Å². The number of carbonyl (C=O) groups is 1. The molecule has 0 N–H and O–H groups in total. The standard InChI is InChI=1S/C18H16N4OS3/c1-10-7-24-16(22-10)12(6-19)13(23)8-25-17-15-11-4-2-3-5-14(11)26-18(15)21-9-20-17/h7,9,12H,2-5,8H2,1H3/t12-/m1/s1. The summed E-state index contributed by atoms with van der Waals surface area (Å²) in [4.78, 5) is 28.2. The molecule has 1 aliphatic rings. The Hall–Kier alpha value is -1.82. The lowest BCUT2D eigenvalue weighted by atomic mass is 9.97. The van der Waals surface area contributed by atoms with Crippen LogP contribution in [0.25, 0.3) is 10.2 Å². The predicted octanol–water partition coefficient (Wildman–Crippen LogP) is 4.30. The molecule has 0 radical (unpaired) electrons. The smallest absolute Gasteiger partial charge is 0.167 e. The summed E-state index contributed by atoms with van der Waals surface area (Å²) in [7, 11) is 0. The van der Waals surface area contributed by atoms with Crippen molar-refractivity contribution in [3.05, 3.63) is 32.8 Å². The Labute approximate surface area is 163 Å². The zero-order chi connectivity index (χ0) is 18.1. The number of thiazole rings is 1. The highest BCUT2D eigenvalue weighted by molar-refractivity contribution is 8.00. The zero-order valence-corrected chi connectivity index (χ0v) is 16.6. The number of thioether (sulfide) groups is 1. The molecular formula is C18H16N4OS3. The van der Waals surface area contributed by atoms with E-state index in [1.54, 1.807) is 17.7 Å². The Bertz CT molecular complexity index is 1020. The molecule has 0 bridgehead atoms. The largest absolute Gasteiger partial charge is 0.297 e. The fourth-order valence-electron chi connectivity index (χ4n) is 3.16. The summed E-state index contributed by atoms with van der Waals surface area (Å²) < 4.78 is 0. The highest BCUT2D eigenvalue weighted by Crippen LogP contribution is 2.39. The number of aromatic nitrogens is 3. The third-order valence-electron chi connectivity index (χ3n) is 4.40. The number of thiophene rings is 1. The van der Waals surface area contributed by atoms with Crippen molar-refractivity contribution >= 4 is 50.4 Å². The molecule has 132 valence electrons. The molecule has 1 atom stereocenters. The van der Waals surface area contributed by atoms with Crippen molar-refractivity contribution in [3.63, 3.8) is 0 Å². The Morgan fingerprint density at radius 1 is 1.38 bits per heavy atom. The minimum atomic E-state index is -0.796. The number of fused-ring (bicyclic) bond motifs is 3. The van der Waals surface area contributed by atoms with Gasteiger partial charge in [-0.1, -0.05) is 11.8 Å². The number of nitrogens with zero attached hydrogens (tertiary/aromatic N) is 4. The molecule has 0 amide bonds. The Balaban J connectivity index is 1.57. The minimum absolute atomic E-state index is 0.122. The number of rotatable bonds is 5. The molecule has 0 fully saturated rings. The molecule has 1 aliphatic carbocycles. The number of ketones is 1. The molecule has 8 heteroatoms. The van der Waals surface area contributed by atoms with Gasteiger partial charge in [0.25, 0.3) is 0 Å². The van der Waals surface area contributed by atoms with Gasteiger partial charge >= 0.3 is 0 Å². The Morgan fingerprint density at radius 3 is 3.00 bits per heavy atom. The van der Waals surface area contributed by atoms with E-state index in [1.165, 1.54) is 46.4 Å². The highest BCUT2D eigenvalue weighted by atomic mass is 32.2. The molecule has 0 aliphatic heterocycles. The number of Topliss-reactive ketones (excluding diaryl/α,β-unsaturated/α-hetero) is 1. The van der Waals surface area contributed by atoms with Gasteiger partial charge in [0.2, 0.25) is 0 Å². The van der Waals surface area contributed by atoms with Gasteiger partial charge < -0.3 is 0 Å². The van der Waals surface area contributed by atoms with Gasteiger partial charge in [0.05, 0.1) is 11.8 Å². The third kappa shape index (κ3) is 3.27. The number of hydrogen-bond donors (Lipinski definition) is 0. The van der Waals surface area contributed by atoms with Crippen LogP contribution in [0.2, 0.25) is 0 Å². The first-order valence-electron chi connectivity index (χ1n) is 8.39. The first-order valence-corrected chi connectivity index (χ1v) is 11.1. The van der Waals surface area contributed by atoms with Crippen molar-refractivity contribution in [1.82, 2.24) is 15.0 Å². The van der Waals surface area contributed by atoms with E-state index in [4.69, 9.17) is 0 Å². The van der Waals surface area contributed by atoms with E-state index in [0.717, 1.165) is 33.8 Å². The highest BCUT2D eigenvalue weighted by Gasteiger charge is 2.25. The van der Waals surface area contributed by atoms with Crippen LogP contribution in [0.4, 0.5) is 0 Å². The maximum Gasteiger partial charge on any atom is 0.167 e. The summed E-state index contributed by atoms with van der Waals surface area (Å²) in [5.74, 6) is -0.703. The van der Waals surface area contributed by atoms with Gasteiger partial charge in [-0.15, -0.1) is 22.7 Å². The van der Waals surface area contributed by atoms with E-state index >= 15 is 0 Å². The lowest BCUT2D eigenvalue weighted by molar-refractivity contribution is -0.116. The summed E-state index contributed by atoms with van der Waals surface area (Å²) in [6.07, 6.45) is 6.16. The number of carbonyl (C=O) groups excluding carboxylic acids is 1. The summed E-state index contributed by atoms with van der Waals surface area (Å²) in [5.41, 5.74) is 2.20. The number of nitriles is 1. The van der Waals surface area contributed by atoms with E-state index in [9.17, 15) is 10.1 Å². The van der Waals surface area contributed by atoms with Gasteiger partial charge in [-0.2, -0.15) is 5.26 Å². The fourth-order valence-corrected chi connectivity index (χ4v) is 6.25. The summed E-state index contributed by atoms with van der Waals surface area (Å²) >= 11 is 4.53. The maximum absolute atomic E-state index is 12.6. The Kier molecular flexibility index (Phi) is 5.02. The van der Waals surface area contributed by atoms with E-state index in [1.807, 2.05) is 12.3 Å². The topological polar surface area (TPSA) is 79.5 Å². The molecule has 0 spiro atoms. The Morgan fingerprint density at radius 2 is 2.23 bits per heavy atom. The van der Waals surface area contributed by atoms with E-state index in [0.29, 0.717) is 5.01 Å². The van der Waals surface area contributed by atoms with Crippen molar-refractivity contribution in [3.8, 4) is 6.07 Å². The first kappa shape index (κ1) is 17.6. The van der Waals surface area contributed by atoms with Gasteiger partial charge in [-0.05, 0) is 38.2 Å². The second kappa shape index (κ2) is 7.43. The van der Waals surface area contributed by atoms with Crippen LogP contribution in [0.3, 0.4) is 0 Å². The van der Waals surface area contributed by atoms with Gasteiger partial charge in [0, 0.05) is 21.3 Å². The molecule has 0 unspecified atom stereocenters. The molecule has 3 aromatic heterocycles. The monoisotopic (exact) mass is 400 g/mol. The summed E-state index contributed by atoms with van der Waals surface area (Å²) in [5, 5.41) is 13.8. The van der Waals surface area contributed by atoms with E-state index < -0.39 is 5.92 Å². The van der Waals surface area contributed by atoms with Crippen LogP contribution >= 0.6 is 34.4 Å². The zero-order valence-electron chi connectivity index (χ0n) is 14.2. The molecule has 0 saturated carbocycles. The van der Waals surface area contributed by atoms with Crippen LogP contribution in [0, 0.1) is 18.3 Å². The van der Waals surface area contributed by atoms with Crippen LogP contribution in [0.15, 0.2) is 16.7 Å². The summed E-state index contributed by atoms with van der Waals surface area (Å²) in [6, 6.07) is 2.10. The third-order valence-corrected chi connectivity index (χ3v) is 7.64. The van der Waals surface area contributed by atoms with E-state index in [2.05, 4.69) is 21.0 Å². The van der Waals surface area contributed by atoms with Gasteiger partial charge in [-0.25, -0.2) is 15.0 Å². The van der Waals surface area contributed by atoms with Crippen LogP contribution in [0.1, 0.15) is 39.9 Å². The number of aryl methyl sites for hydroxylation is 3. The van der Waals surface area contributed by atoms with Crippen LogP contribution in [-0.4, -0.2) is 26.5 Å².